The van der Waals surface area contributed by atoms with E-state index < -0.39 is 0 Å². The van der Waals surface area contributed by atoms with Gasteiger partial charge in [-0.25, -0.2) is 0 Å². The van der Waals surface area contributed by atoms with Crippen molar-refractivity contribution in [2.45, 2.75) is 51.6 Å². The number of aromatic nitrogens is 2. The molecule has 2 fully saturated rings. The van der Waals surface area contributed by atoms with Gasteiger partial charge >= 0.3 is 6.01 Å². The molecule has 0 amide bonds. The Morgan fingerprint density at radius 1 is 1.18 bits per heavy atom. The van der Waals surface area contributed by atoms with Crippen LogP contribution in [0.15, 0.2) is 4.52 Å². The molecule has 1 saturated carbocycles. The minimum absolute atomic E-state index is 0.160. The van der Waals surface area contributed by atoms with Crippen LogP contribution in [0.5, 0.6) is 0 Å². The number of aliphatic hydroxyl groups excluding tert-OH is 1. The highest BCUT2D eigenvalue weighted by Gasteiger charge is 2.30. The summed E-state index contributed by atoms with van der Waals surface area (Å²) in [4.78, 5) is 6.45. The van der Waals surface area contributed by atoms with Crippen LogP contribution in [0.2, 0.25) is 0 Å². The molecule has 2 aliphatic rings. The number of hydrogen-bond donors (Lipinski definition) is 1. The van der Waals surface area contributed by atoms with Crippen molar-refractivity contribution in [2.24, 2.45) is 0 Å². The third kappa shape index (κ3) is 2.97. The molecule has 0 atom stereocenters. The van der Waals surface area contributed by atoms with Crippen LogP contribution in [0.1, 0.15) is 51.3 Å². The molecule has 96 valence electrons. The molecule has 2 heterocycles. The van der Waals surface area contributed by atoms with Crippen LogP contribution in [0.25, 0.3) is 0 Å². The maximum atomic E-state index is 9.38. The van der Waals surface area contributed by atoms with Crippen molar-refractivity contribution >= 4 is 6.01 Å². The summed E-state index contributed by atoms with van der Waals surface area (Å²) >= 11 is 0. The summed E-state index contributed by atoms with van der Waals surface area (Å²) in [5, 5.41) is 13.4. The highest BCUT2D eigenvalue weighted by atomic mass is 16.5. The molecule has 5 nitrogen and oxygen atoms in total. The van der Waals surface area contributed by atoms with Gasteiger partial charge in [-0.3, -0.25) is 0 Å². The number of aliphatic hydroxyl groups is 1. The number of hydrogen-bond acceptors (Lipinski definition) is 5. The molecule has 17 heavy (non-hydrogen) atoms. The van der Waals surface area contributed by atoms with Crippen molar-refractivity contribution in [1.29, 1.82) is 0 Å². The summed E-state index contributed by atoms with van der Waals surface area (Å²) in [6, 6.07) is 0.629. The molecule has 1 aromatic heterocycles. The van der Waals surface area contributed by atoms with Crippen molar-refractivity contribution in [1.82, 2.24) is 10.1 Å². The lowest BCUT2D eigenvalue weighted by atomic mass is 10.1. The van der Waals surface area contributed by atoms with Crippen molar-refractivity contribution in [3.63, 3.8) is 0 Å². The summed E-state index contributed by atoms with van der Waals surface area (Å²) in [7, 11) is 0. The SMILES string of the molecule is CC.OC1CCN(c2nc(C3CC3)no2)CC1. The quantitative estimate of drug-likeness (QED) is 0.854. The Kier molecular flexibility index (Phi) is 3.99. The Morgan fingerprint density at radius 3 is 2.41 bits per heavy atom. The van der Waals surface area contributed by atoms with Gasteiger partial charge in [-0.1, -0.05) is 19.0 Å². The average molecular weight is 239 g/mol. The minimum Gasteiger partial charge on any atom is -0.393 e. The van der Waals surface area contributed by atoms with Crippen LogP contribution in [-0.4, -0.2) is 34.4 Å². The highest BCUT2D eigenvalue weighted by molar-refractivity contribution is 5.27. The molecule has 1 N–H and O–H groups in total. The van der Waals surface area contributed by atoms with Crippen LogP contribution in [-0.2, 0) is 0 Å². The number of piperidine rings is 1. The van der Waals surface area contributed by atoms with E-state index in [9.17, 15) is 5.11 Å². The van der Waals surface area contributed by atoms with Crippen molar-refractivity contribution in [2.75, 3.05) is 18.0 Å². The Morgan fingerprint density at radius 2 is 1.82 bits per heavy atom. The maximum absolute atomic E-state index is 9.38. The van der Waals surface area contributed by atoms with Gasteiger partial charge in [0.2, 0.25) is 0 Å². The molecule has 0 bridgehead atoms. The topological polar surface area (TPSA) is 62.4 Å². The van der Waals surface area contributed by atoms with Gasteiger partial charge in [-0.05, 0) is 25.7 Å². The van der Waals surface area contributed by atoms with Gasteiger partial charge in [0.05, 0.1) is 6.10 Å². The molecule has 0 spiro atoms. The summed E-state index contributed by atoms with van der Waals surface area (Å²) in [6.45, 7) is 5.63. The van der Waals surface area contributed by atoms with Crippen molar-refractivity contribution in [3.8, 4) is 0 Å². The molecule has 5 heteroatoms. The second-order valence-corrected chi connectivity index (χ2v) is 4.43. The van der Waals surface area contributed by atoms with Crippen LogP contribution < -0.4 is 4.90 Å². The van der Waals surface area contributed by atoms with E-state index in [1.54, 1.807) is 0 Å². The molecule has 1 saturated heterocycles. The van der Waals surface area contributed by atoms with Gasteiger partial charge in [0.25, 0.3) is 0 Å². The average Bonchev–Trinajstić information content (AvgIpc) is 3.11. The second kappa shape index (κ2) is 5.49. The van der Waals surface area contributed by atoms with Gasteiger partial charge in [0.1, 0.15) is 0 Å². The molecule has 1 aliphatic carbocycles. The third-order valence-corrected chi connectivity index (χ3v) is 3.11. The standard InChI is InChI=1S/C10H15N3O2.C2H6/c14-8-3-5-13(6-4-8)10-11-9(12-15-10)7-1-2-7;1-2/h7-8,14H,1-6H2;1-2H3. The van der Waals surface area contributed by atoms with E-state index in [1.807, 2.05) is 13.8 Å². The zero-order valence-electron chi connectivity index (χ0n) is 10.6. The molecule has 0 unspecified atom stereocenters. The first-order valence-corrected chi connectivity index (χ1v) is 6.59. The maximum Gasteiger partial charge on any atom is 0.324 e. The third-order valence-electron chi connectivity index (χ3n) is 3.11. The first-order valence-electron chi connectivity index (χ1n) is 6.59. The molecule has 0 radical (unpaired) electrons. The Labute approximate surface area is 102 Å². The summed E-state index contributed by atoms with van der Waals surface area (Å²) in [5.41, 5.74) is 0. The van der Waals surface area contributed by atoms with E-state index in [-0.39, 0.29) is 6.10 Å². The number of rotatable bonds is 2. The predicted molar refractivity (Wildman–Crippen MR) is 65.1 cm³/mol. The fourth-order valence-electron chi connectivity index (χ4n) is 1.92. The summed E-state index contributed by atoms with van der Waals surface area (Å²) in [6.07, 6.45) is 3.81. The molecule has 3 rings (SSSR count). The Balaban J connectivity index is 0.000000514. The monoisotopic (exact) mass is 239 g/mol. The largest absolute Gasteiger partial charge is 0.393 e. The first-order chi connectivity index (χ1) is 8.33. The van der Waals surface area contributed by atoms with E-state index in [0.29, 0.717) is 11.9 Å². The molecular weight excluding hydrogens is 218 g/mol. The van der Waals surface area contributed by atoms with Crippen LogP contribution in [0.3, 0.4) is 0 Å². The van der Waals surface area contributed by atoms with Crippen LogP contribution in [0, 0.1) is 0 Å². The summed E-state index contributed by atoms with van der Waals surface area (Å²) < 4.78 is 5.22. The van der Waals surface area contributed by atoms with E-state index in [0.717, 1.165) is 31.8 Å². The lowest BCUT2D eigenvalue weighted by Crippen LogP contribution is -2.35. The van der Waals surface area contributed by atoms with E-state index in [4.69, 9.17) is 4.52 Å². The molecule has 1 aliphatic heterocycles. The zero-order valence-corrected chi connectivity index (χ0v) is 10.6. The summed E-state index contributed by atoms with van der Waals surface area (Å²) in [5.74, 6) is 1.40. The number of anilines is 1. The lowest BCUT2D eigenvalue weighted by Gasteiger charge is -2.27. The van der Waals surface area contributed by atoms with Gasteiger partial charge in [-0.15, -0.1) is 0 Å². The first kappa shape index (κ1) is 12.4. The van der Waals surface area contributed by atoms with Gasteiger partial charge in [0, 0.05) is 19.0 Å². The van der Waals surface area contributed by atoms with E-state index in [1.165, 1.54) is 12.8 Å². The molecule has 0 aromatic carbocycles. The Hall–Kier alpha value is -1.10. The predicted octanol–water partition coefficient (Wildman–Crippen LogP) is 1.93. The zero-order chi connectivity index (χ0) is 12.3. The van der Waals surface area contributed by atoms with Gasteiger partial charge in [0.15, 0.2) is 5.82 Å². The fourth-order valence-corrected chi connectivity index (χ4v) is 1.92. The Bertz CT molecular complexity index is 341. The number of nitrogens with zero attached hydrogens (tertiary/aromatic N) is 3. The van der Waals surface area contributed by atoms with E-state index >= 15 is 0 Å². The second-order valence-electron chi connectivity index (χ2n) is 4.43. The van der Waals surface area contributed by atoms with Gasteiger partial charge < -0.3 is 14.5 Å². The van der Waals surface area contributed by atoms with E-state index in [2.05, 4.69) is 15.0 Å². The molecule has 1 aromatic rings. The van der Waals surface area contributed by atoms with Gasteiger partial charge in [-0.2, -0.15) is 4.98 Å². The molecular formula is C12H21N3O2. The lowest BCUT2D eigenvalue weighted by molar-refractivity contribution is 0.143. The minimum atomic E-state index is -0.160. The van der Waals surface area contributed by atoms with Crippen LogP contribution >= 0.6 is 0 Å². The van der Waals surface area contributed by atoms with Crippen molar-refractivity contribution < 1.29 is 9.63 Å². The smallest absolute Gasteiger partial charge is 0.324 e. The highest BCUT2D eigenvalue weighted by Crippen LogP contribution is 2.38. The van der Waals surface area contributed by atoms with Crippen molar-refractivity contribution in [3.05, 3.63) is 5.82 Å². The fraction of sp³-hybridized carbons (Fsp3) is 0.833. The normalized spacial score (nSPS) is 21.0. The van der Waals surface area contributed by atoms with Crippen LogP contribution in [0.4, 0.5) is 6.01 Å².